The molecular weight excluding hydrogens is 584 g/mol. The highest BCUT2D eigenvalue weighted by molar-refractivity contribution is 5.52. The normalized spacial score (nSPS) is 17.8. The Morgan fingerprint density at radius 3 is 1.35 bits per heavy atom. The SMILES string of the molecule is CCOC(CCCN1CCOCC1)(OCC)c1ccc2c(c1)Cc1cc(C(CCCN3CCOCC3)(OCC)OCC)ccc1O2. The number of hydrogen-bond acceptors (Lipinski definition) is 9. The van der Waals surface area contributed by atoms with Crippen molar-refractivity contribution in [2.45, 2.75) is 71.4 Å². The molecule has 2 aromatic carbocycles. The zero-order valence-electron chi connectivity index (χ0n) is 28.7. The predicted octanol–water partition coefficient (Wildman–Crippen LogP) is 6.06. The molecule has 9 nitrogen and oxygen atoms in total. The fourth-order valence-corrected chi connectivity index (χ4v) is 7.08. The van der Waals surface area contributed by atoms with E-state index in [4.69, 9.17) is 33.2 Å². The van der Waals surface area contributed by atoms with E-state index < -0.39 is 11.6 Å². The lowest BCUT2D eigenvalue weighted by atomic mass is 9.91. The summed E-state index contributed by atoms with van der Waals surface area (Å²) >= 11 is 0. The number of benzene rings is 2. The van der Waals surface area contributed by atoms with Gasteiger partial charge in [-0.25, -0.2) is 0 Å². The lowest BCUT2D eigenvalue weighted by Crippen LogP contribution is -2.39. The number of hydrogen-bond donors (Lipinski definition) is 0. The molecule has 0 spiro atoms. The molecule has 0 aromatic heterocycles. The number of ether oxygens (including phenoxy) is 7. The molecule has 0 amide bonds. The Kier molecular flexibility index (Phi) is 13.3. The van der Waals surface area contributed by atoms with Crippen LogP contribution in [-0.2, 0) is 46.4 Å². The molecule has 2 saturated heterocycles. The second-order valence-electron chi connectivity index (χ2n) is 12.3. The minimum atomic E-state index is -0.799. The van der Waals surface area contributed by atoms with Gasteiger partial charge in [0.05, 0.1) is 26.4 Å². The van der Waals surface area contributed by atoms with Gasteiger partial charge in [-0.3, -0.25) is 9.80 Å². The van der Waals surface area contributed by atoms with Crippen molar-refractivity contribution in [2.75, 3.05) is 92.1 Å². The first-order valence-electron chi connectivity index (χ1n) is 17.7. The first kappa shape index (κ1) is 35.2. The first-order valence-corrected chi connectivity index (χ1v) is 17.7. The summed E-state index contributed by atoms with van der Waals surface area (Å²) in [7, 11) is 0. The quantitative estimate of drug-likeness (QED) is 0.154. The summed E-state index contributed by atoms with van der Waals surface area (Å²) in [4.78, 5) is 4.93. The lowest BCUT2D eigenvalue weighted by Gasteiger charge is -2.36. The largest absolute Gasteiger partial charge is 0.457 e. The van der Waals surface area contributed by atoms with Gasteiger partial charge < -0.3 is 33.2 Å². The van der Waals surface area contributed by atoms with Gasteiger partial charge in [0.2, 0.25) is 0 Å². The van der Waals surface area contributed by atoms with Crippen LogP contribution in [0.5, 0.6) is 11.5 Å². The van der Waals surface area contributed by atoms with E-state index in [1.807, 2.05) is 27.7 Å². The molecular formula is C37H56N2O7. The van der Waals surface area contributed by atoms with Crippen LogP contribution in [0.25, 0.3) is 0 Å². The van der Waals surface area contributed by atoms with Crippen LogP contribution in [0, 0.1) is 0 Å². The highest BCUT2D eigenvalue weighted by Gasteiger charge is 2.37. The molecule has 5 rings (SSSR count). The third-order valence-corrected chi connectivity index (χ3v) is 9.28. The molecule has 0 aliphatic carbocycles. The van der Waals surface area contributed by atoms with Gasteiger partial charge in [0.25, 0.3) is 0 Å². The summed E-state index contributed by atoms with van der Waals surface area (Å²) in [5, 5.41) is 0. The third kappa shape index (κ3) is 8.68. The second kappa shape index (κ2) is 17.4. The second-order valence-corrected chi connectivity index (χ2v) is 12.3. The Labute approximate surface area is 276 Å². The molecule has 0 unspecified atom stereocenters. The standard InChI is InChI=1S/C37H56N2O7/c1-5-42-36(43-6-2,15-9-17-38-19-23-40-24-20-38)32-11-13-34-30(28-32)27-31-29-33(12-14-35(31)46-34)37(44-7-3,45-8-4)16-10-18-39-21-25-41-26-22-39/h11-14,28-29H,5-10,15-27H2,1-4H3. The Morgan fingerprint density at radius 2 is 0.978 bits per heavy atom. The molecule has 46 heavy (non-hydrogen) atoms. The van der Waals surface area contributed by atoms with E-state index in [-0.39, 0.29) is 0 Å². The Hall–Kier alpha value is -2.08. The summed E-state index contributed by atoms with van der Waals surface area (Å²) < 4.78 is 43.4. The van der Waals surface area contributed by atoms with Crippen molar-refractivity contribution < 1.29 is 33.2 Å². The van der Waals surface area contributed by atoms with Crippen molar-refractivity contribution in [3.05, 3.63) is 58.7 Å². The van der Waals surface area contributed by atoms with Crippen LogP contribution in [0.15, 0.2) is 36.4 Å². The zero-order chi connectivity index (χ0) is 32.2. The van der Waals surface area contributed by atoms with Crippen molar-refractivity contribution in [3.8, 4) is 11.5 Å². The predicted molar refractivity (Wildman–Crippen MR) is 179 cm³/mol. The van der Waals surface area contributed by atoms with Gasteiger partial charge in [0.15, 0.2) is 11.6 Å². The van der Waals surface area contributed by atoms with E-state index in [1.54, 1.807) is 0 Å². The average molecular weight is 641 g/mol. The molecule has 3 aliphatic rings. The average Bonchev–Trinajstić information content (AvgIpc) is 3.08. The van der Waals surface area contributed by atoms with E-state index in [0.717, 1.165) is 132 Å². The Morgan fingerprint density at radius 1 is 0.587 bits per heavy atom. The van der Waals surface area contributed by atoms with Crippen LogP contribution < -0.4 is 4.74 Å². The number of nitrogens with zero attached hydrogens (tertiary/aromatic N) is 2. The fraction of sp³-hybridized carbons (Fsp3) is 0.676. The van der Waals surface area contributed by atoms with Crippen molar-refractivity contribution in [2.24, 2.45) is 0 Å². The smallest absolute Gasteiger partial charge is 0.194 e. The highest BCUT2D eigenvalue weighted by atomic mass is 16.7. The third-order valence-electron chi connectivity index (χ3n) is 9.28. The van der Waals surface area contributed by atoms with Gasteiger partial charge in [-0.15, -0.1) is 0 Å². The van der Waals surface area contributed by atoms with Gasteiger partial charge in [0, 0.05) is 83.0 Å². The Balaban J connectivity index is 1.35. The molecule has 0 radical (unpaired) electrons. The summed E-state index contributed by atoms with van der Waals surface area (Å²) in [5.74, 6) is 0.162. The summed E-state index contributed by atoms with van der Waals surface area (Å²) in [6.45, 7) is 19.6. The maximum absolute atomic E-state index is 6.47. The highest BCUT2D eigenvalue weighted by Crippen LogP contribution is 2.43. The summed E-state index contributed by atoms with van der Waals surface area (Å²) in [6, 6.07) is 12.8. The molecule has 2 fully saturated rings. The summed E-state index contributed by atoms with van der Waals surface area (Å²) in [6.07, 6.45) is 4.26. The van der Waals surface area contributed by atoms with Crippen LogP contribution in [0.2, 0.25) is 0 Å². The number of morpholine rings is 2. The van der Waals surface area contributed by atoms with E-state index in [1.165, 1.54) is 0 Å². The van der Waals surface area contributed by atoms with Crippen LogP contribution in [0.4, 0.5) is 0 Å². The van der Waals surface area contributed by atoms with Crippen molar-refractivity contribution in [1.82, 2.24) is 9.80 Å². The van der Waals surface area contributed by atoms with Crippen LogP contribution in [-0.4, -0.2) is 102 Å². The van der Waals surface area contributed by atoms with Gasteiger partial charge in [-0.2, -0.15) is 0 Å². The van der Waals surface area contributed by atoms with Crippen molar-refractivity contribution in [3.63, 3.8) is 0 Å². The molecule has 0 atom stereocenters. The van der Waals surface area contributed by atoms with Gasteiger partial charge in [-0.05, 0) is 101 Å². The van der Waals surface area contributed by atoms with Crippen LogP contribution >= 0.6 is 0 Å². The molecule has 2 aromatic rings. The number of rotatable bonds is 18. The molecule has 9 heteroatoms. The fourth-order valence-electron chi connectivity index (χ4n) is 7.08. The molecule has 0 N–H and O–H groups in total. The van der Waals surface area contributed by atoms with Crippen LogP contribution in [0.1, 0.15) is 75.6 Å². The Bertz CT molecular complexity index is 1110. The molecule has 0 saturated carbocycles. The lowest BCUT2D eigenvalue weighted by molar-refractivity contribution is -0.247. The van der Waals surface area contributed by atoms with Gasteiger partial charge >= 0.3 is 0 Å². The maximum atomic E-state index is 6.47. The van der Waals surface area contributed by atoms with E-state index in [2.05, 4.69) is 46.2 Å². The topological polar surface area (TPSA) is 71.1 Å². The maximum Gasteiger partial charge on any atom is 0.194 e. The molecule has 3 heterocycles. The number of fused-ring (bicyclic) bond motifs is 2. The molecule has 256 valence electrons. The first-order chi connectivity index (χ1) is 22.5. The van der Waals surface area contributed by atoms with E-state index >= 15 is 0 Å². The minimum absolute atomic E-state index is 0.569. The monoisotopic (exact) mass is 640 g/mol. The van der Waals surface area contributed by atoms with Crippen molar-refractivity contribution >= 4 is 0 Å². The van der Waals surface area contributed by atoms with Gasteiger partial charge in [0.1, 0.15) is 11.5 Å². The summed E-state index contributed by atoms with van der Waals surface area (Å²) in [5.41, 5.74) is 4.34. The molecule has 3 aliphatic heterocycles. The van der Waals surface area contributed by atoms with E-state index in [0.29, 0.717) is 26.4 Å². The zero-order valence-corrected chi connectivity index (χ0v) is 28.7. The minimum Gasteiger partial charge on any atom is -0.457 e. The van der Waals surface area contributed by atoms with Crippen molar-refractivity contribution in [1.29, 1.82) is 0 Å². The van der Waals surface area contributed by atoms with Gasteiger partial charge in [-0.1, -0.05) is 0 Å². The van der Waals surface area contributed by atoms with Crippen LogP contribution in [0.3, 0.4) is 0 Å². The van der Waals surface area contributed by atoms with E-state index in [9.17, 15) is 0 Å². The molecule has 0 bridgehead atoms.